The van der Waals surface area contributed by atoms with Crippen LogP contribution in [0.2, 0.25) is 5.02 Å². The molecular formula is C7H8ClN3OS. The zero-order valence-corrected chi connectivity index (χ0v) is 8.23. The molecule has 0 bridgehead atoms. The third-order valence-corrected chi connectivity index (χ3v) is 2.38. The molecule has 0 spiro atoms. The number of halogens is 1. The van der Waals surface area contributed by atoms with Crippen molar-refractivity contribution >= 4 is 29.3 Å². The first-order valence-electron chi connectivity index (χ1n) is 3.46. The normalized spacial score (nSPS) is 9.69. The first-order chi connectivity index (χ1) is 6.22. The molecule has 0 aliphatic heterocycles. The highest BCUT2D eigenvalue weighted by Crippen LogP contribution is 2.16. The molecule has 1 amide bonds. The van der Waals surface area contributed by atoms with Crippen LogP contribution in [-0.2, 0) is 4.79 Å². The first kappa shape index (κ1) is 10.3. The van der Waals surface area contributed by atoms with E-state index in [0.29, 0.717) is 5.02 Å². The van der Waals surface area contributed by atoms with Crippen molar-refractivity contribution in [2.75, 3.05) is 5.75 Å². The lowest BCUT2D eigenvalue weighted by Gasteiger charge is -1.99. The van der Waals surface area contributed by atoms with Gasteiger partial charge in [-0.15, -0.1) is 0 Å². The summed E-state index contributed by atoms with van der Waals surface area (Å²) in [6.45, 7) is 0. The quantitative estimate of drug-likeness (QED) is 0.341. The smallest absolute Gasteiger partial charge is 0.244 e. The molecule has 6 heteroatoms. The first-order valence-corrected chi connectivity index (χ1v) is 4.82. The monoisotopic (exact) mass is 217 g/mol. The Labute approximate surface area is 84.8 Å². The Morgan fingerprint density at radius 3 is 3.00 bits per heavy atom. The molecule has 0 aromatic carbocycles. The zero-order valence-electron chi connectivity index (χ0n) is 6.66. The Hall–Kier alpha value is -0.780. The Balaban J connectivity index is 2.46. The summed E-state index contributed by atoms with van der Waals surface area (Å²) in [6.07, 6.45) is 1.53. The third kappa shape index (κ3) is 3.63. The minimum Gasteiger partial charge on any atom is -0.294 e. The molecule has 0 saturated carbocycles. The Kier molecular flexibility index (Phi) is 4.01. The standard InChI is InChI=1S/C7H8ClN3OS/c8-5-1-2-7(10-3-5)13-4-6(12)11-9/h1-3H,4,9H2,(H,11,12). The fourth-order valence-corrected chi connectivity index (χ4v) is 1.39. The van der Waals surface area contributed by atoms with Gasteiger partial charge in [0.05, 0.1) is 15.8 Å². The zero-order chi connectivity index (χ0) is 9.68. The Morgan fingerprint density at radius 2 is 2.46 bits per heavy atom. The Morgan fingerprint density at radius 1 is 1.69 bits per heavy atom. The molecule has 3 N–H and O–H groups in total. The predicted molar refractivity (Wildman–Crippen MR) is 52.3 cm³/mol. The van der Waals surface area contributed by atoms with Crippen molar-refractivity contribution < 1.29 is 4.79 Å². The number of hydrogen-bond donors (Lipinski definition) is 2. The summed E-state index contributed by atoms with van der Waals surface area (Å²) in [4.78, 5) is 14.7. The molecule has 13 heavy (non-hydrogen) atoms. The fraction of sp³-hybridized carbons (Fsp3) is 0.143. The van der Waals surface area contributed by atoms with Gasteiger partial charge in [0.2, 0.25) is 5.91 Å². The van der Waals surface area contributed by atoms with E-state index < -0.39 is 0 Å². The van der Waals surface area contributed by atoms with Crippen molar-refractivity contribution in [3.8, 4) is 0 Å². The number of rotatable bonds is 3. The van der Waals surface area contributed by atoms with Crippen LogP contribution in [0.4, 0.5) is 0 Å². The van der Waals surface area contributed by atoms with Gasteiger partial charge >= 0.3 is 0 Å². The van der Waals surface area contributed by atoms with Crippen molar-refractivity contribution in [1.29, 1.82) is 0 Å². The number of hydrazine groups is 1. The minimum absolute atomic E-state index is 0.234. The van der Waals surface area contributed by atoms with E-state index in [2.05, 4.69) is 4.98 Å². The number of thioether (sulfide) groups is 1. The summed E-state index contributed by atoms with van der Waals surface area (Å²) < 4.78 is 0. The number of aromatic nitrogens is 1. The summed E-state index contributed by atoms with van der Waals surface area (Å²) >= 11 is 6.93. The minimum atomic E-state index is -0.234. The van der Waals surface area contributed by atoms with Gasteiger partial charge in [0.25, 0.3) is 0 Å². The van der Waals surface area contributed by atoms with Gasteiger partial charge in [0.1, 0.15) is 0 Å². The highest BCUT2D eigenvalue weighted by molar-refractivity contribution is 7.99. The highest BCUT2D eigenvalue weighted by atomic mass is 35.5. The summed E-state index contributed by atoms with van der Waals surface area (Å²) in [5, 5.41) is 1.32. The van der Waals surface area contributed by atoms with E-state index in [4.69, 9.17) is 17.4 Å². The number of pyridine rings is 1. The third-order valence-electron chi connectivity index (χ3n) is 1.21. The topological polar surface area (TPSA) is 68.0 Å². The Bertz CT molecular complexity index is 290. The van der Waals surface area contributed by atoms with Crippen LogP contribution in [0.15, 0.2) is 23.4 Å². The largest absolute Gasteiger partial charge is 0.294 e. The number of carbonyl (C=O) groups excluding carboxylic acids is 1. The van der Waals surface area contributed by atoms with Gasteiger partial charge in [0.15, 0.2) is 0 Å². The van der Waals surface area contributed by atoms with Crippen LogP contribution in [-0.4, -0.2) is 16.6 Å². The molecule has 1 heterocycles. The summed E-state index contributed by atoms with van der Waals surface area (Å²) in [5.41, 5.74) is 2.03. The van der Waals surface area contributed by atoms with E-state index in [1.54, 1.807) is 12.1 Å². The van der Waals surface area contributed by atoms with Crippen molar-refractivity contribution in [3.63, 3.8) is 0 Å². The van der Waals surface area contributed by atoms with Crippen LogP contribution in [0, 0.1) is 0 Å². The number of nitrogens with one attached hydrogen (secondary N) is 1. The summed E-state index contributed by atoms with van der Waals surface area (Å²) in [6, 6.07) is 3.47. The molecule has 0 aliphatic carbocycles. The van der Waals surface area contributed by atoms with Gasteiger partial charge in [0, 0.05) is 6.20 Å². The molecule has 0 fully saturated rings. The second-order valence-electron chi connectivity index (χ2n) is 2.17. The van der Waals surface area contributed by atoms with E-state index in [9.17, 15) is 4.79 Å². The van der Waals surface area contributed by atoms with Gasteiger partial charge < -0.3 is 0 Å². The van der Waals surface area contributed by atoms with Crippen molar-refractivity contribution in [2.24, 2.45) is 5.84 Å². The van der Waals surface area contributed by atoms with E-state index in [0.717, 1.165) is 5.03 Å². The molecule has 1 rings (SSSR count). The maximum Gasteiger partial charge on any atom is 0.244 e. The van der Waals surface area contributed by atoms with Crippen LogP contribution in [0.5, 0.6) is 0 Å². The number of hydrogen-bond acceptors (Lipinski definition) is 4. The lowest BCUT2D eigenvalue weighted by atomic mass is 10.5. The van der Waals surface area contributed by atoms with Crippen molar-refractivity contribution in [2.45, 2.75) is 5.03 Å². The molecule has 70 valence electrons. The predicted octanol–water partition coefficient (Wildman–Crippen LogP) is 0.817. The van der Waals surface area contributed by atoms with E-state index >= 15 is 0 Å². The highest BCUT2D eigenvalue weighted by Gasteiger charge is 2.00. The van der Waals surface area contributed by atoms with E-state index in [1.807, 2.05) is 5.43 Å². The number of carbonyl (C=O) groups is 1. The van der Waals surface area contributed by atoms with Crippen LogP contribution in [0.25, 0.3) is 0 Å². The van der Waals surface area contributed by atoms with Gasteiger partial charge in [-0.3, -0.25) is 10.2 Å². The van der Waals surface area contributed by atoms with Gasteiger partial charge in [-0.25, -0.2) is 10.8 Å². The maximum absolute atomic E-state index is 10.7. The van der Waals surface area contributed by atoms with Crippen LogP contribution in [0.1, 0.15) is 0 Å². The molecule has 0 saturated heterocycles. The second-order valence-corrected chi connectivity index (χ2v) is 3.60. The number of nitrogens with zero attached hydrogens (tertiary/aromatic N) is 1. The van der Waals surface area contributed by atoms with Gasteiger partial charge in [-0.05, 0) is 12.1 Å². The molecule has 1 aromatic heterocycles. The molecule has 0 radical (unpaired) electrons. The lowest BCUT2D eigenvalue weighted by Crippen LogP contribution is -2.31. The summed E-state index contributed by atoms with van der Waals surface area (Å²) in [5.74, 6) is 4.93. The molecule has 0 aliphatic rings. The number of nitrogens with two attached hydrogens (primary N) is 1. The average molecular weight is 218 g/mol. The average Bonchev–Trinajstić information content (AvgIpc) is 2.16. The summed E-state index contributed by atoms with van der Waals surface area (Å²) in [7, 11) is 0. The van der Waals surface area contributed by atoms with Crippen LogP contribution in [0.3, 0.4) is 0 Å². The van der Waals surface area contributed by atoms with Crippen molar-refractivity contribution in [1.82, 2.24) is 10.4 Å². The van der Waals surface area contributed by atoms with Crippen molar-refractivity contribution in [3.05, 3.63) is 23.4 Å². The van der Waals surface area contributed by atoms with Crippen LogP contribution < -0.4 is 11.3 Å². The molecule has 4 nitrogen and oxygen atoms in total. The lowest BCUT2D eigenvalue weighted by molar-refractivity contribution is -0.118. The molecule has 0 unspecified atom stereocenters. The fourth-order valence-electron chi connectivity index (χ4n) is 0.629. The van der Waals surface area contributed by atoms with E-state index in [1.165, 1.54) is 18.0 Å². The van der Waals surface area contributed by atoms with E-state index in [-0.39, 0.29) is 11.7 Å². The second kappa shape index (κ2) is 5.06. The van der Waals surface area contributed by atoms with Gasteiger partial charge in [-0.2, -0.15) is 0 Å². The number of amides is 1. The SMILES string of the molecule is NNC(=O)CSc1ccc(Cl)cn1. The maximum atomic E-state index is 10.7. The molecule has 0 atom stereocenters. The van der Waals surface area contributed by atoms with Gasteiger partial charge in [-0.1, -0.05) is 23.4 Å². The molecular weight excluding hydrogens is 210 g/mol. The van der Waals surface area contributed by atoms with Crippen LogP contribution >= 0.6 is 23.4 Å². The molecule has 1 aromatic rings.